The van der Waals surface area contributed by atoms with Crippen molar-refractivity contribution in [2.24, 2.45) is 4.99 Å². The molecule has 0 amide bonds. The molecule has 1 aromatic carbocycles. The van der Waals surface area contributed by atoms with Gasteiger partial charge in [-0.1, -0.05) is 25.5 Å². The zero-order valence-electron chi connectivity index (χ0n) is 14.7. The van der Waals surface area contributed by atoms with Crippen molar-refractivity contribution in [1.82, 2.24) is 0 Å². The summed E-state index contributed by atoms with van der Waals surface area (Å²) in [6.45, 7) is 11.4. The van der Waals surface area contributed by atoms with Crippen LogP contribution >= 0.6 is 0 Å². The van der Waals surface area contributed by atoms with Crippen molar-refractivity contribution in [3.63, 3.8) is 0 Å². The first-order valence-corrected chi connectivity index (χ1v) is 7.71. The minimum atomic E-state index is 0.642. The van der Waals surface area contributed by atoms with E-state index in [0.717, 1.165) is 22.4 Å². The number of methoxy groups -OCH3 is 1. The van der Waals surface area contributed by atoms with E-state index in [-0.39, 0.29) is 0 Å². The number of aliphatic imine (C=N–C) groups is 1. The highest BCUT2D eigenvalue weighted by atomic mass is 16.5. The molecule has 1 rings (SSSR count). The van der Waals surface area contributed by atoms with Crippen LogP contribution in [-0.4, -0.2) is 32.3 Å². The highest BCUT2D eigenvalue weighted by Gasteiger charge is 2.01. The number of nitrogens with zero attached hydrogens (tertiary/aromatic N) is 1. The second-order valence-electron chi connectivity index (χ2n) is 4.60. The fourth-order valence-corrected chi connectivity index (χ4v) is 1.78. The van der Waals surface area contributed by atoms with Gasteiger partial charge in [0, 0.05) is 36.6 Å². The average Bonchev–Trinajstić information content (AvgIpc) is 2.54. The van der Waals surface area contributed by atoms with Gasteiger partial charge < -0.3 is 15.5 Å². The van der Waals surface area contributed by atoms with Gasteiger partial charge in [0.2, 0.25) is 5.90 Å². The predicted octanol–water partition coefficient (Wildman–Crippen LogP) is 4.44. The van der Waals surface area contributed by atoms with E-state index in [0.29, 0.717) is 19.0 Å². The molecule has 0 bridgehead atoms. The second kappa shape index (κ2) is 11.5. The Morgan fingerprint density at radius 2 is 2.05 bits per heavy atom. The molecule has 122 valence electrons. The molecule has 4 nitrogen and oxygen atoms in total. The van der Waals surface area contributed by atoms with Crippen molar-refractivity contribution < 1.29 is 4.74 Å². The molecule has 0 aliphatic rings. The van der Waals surface area contributed by atoms with Crippen LogP contribution in [0.3, 0.4) is 0 Å². The fraction of sp³-hybridized carbons (Fsp3) is 0.444. The SMILES string of the molecule is CC.CCN=C(/C=C(\C)CNc1ccc(C)cc1C=N)OC. The lowest BCUT2D eigenvalue weighted by atomic mass is 10.1. The van der Waals surface area contributed by atoms with E-state index in [1.807, 2.05) is 58.9 Å². The van der Waals surface area contributed by atoms with E-state index < -0.39 is 0 Å². The Balaban J connectivity index is 0.00000211. The maximum absolute atomic E-state index is 7.45. The smallest absolute Gasteiger partial charge is 0.208 e. The van der Waals surface area contributed by atoms with Gasteiger partial charge in [0.25, 0.3) is 0 Å². The van der Waals surface area contributed by atoms with Gasteiger partial charge in [-0.15, -0.1) is 0 Å². The summed E-state index contributed by atoms with van der Waals surface area (Å²) >= 11 is 0. The molecule has 0 saturated heterocycles. The summed E-state index contributed by atoms with van der Waals surface area (Å²) in [5, 5.41) is 10.8. The molecule has 0 atom stereocenters. The van der Waals surface area contributed by atoms with E-state index in [1.54, 1.807) is 7.11 Å². The van der Waals surface area contributed by atoms with Crippen LogP contribution in [0.25, 0.3) is 0 Å². The Kier molecular flexibility index (Phi) is 10.4. The third-order valence-electron chi connectivity index (χ3n) is 2.81. The van der Waals surface area contributed by atoms with Crippen LogP contribution in [0.1, 0.15) is 38.8 Å². The summed E-state index contributed by atoms with van der Waals surface area (Å²) in [7, 11) is 1.62. The number of aryl methyl sites for hydroxylation is 1. The quantitative estimate of drug-likeness (QED) is 0.603. The lowest BCUT2D eigenvalue weighted by Crippen LogP contribution is -2.07. The van der Waals surface area contributed by atoms with Crippen LogP contribution in [0.2, 0.25) is 0 Å². The third kappa shape index (κ3) is 7.07. The van der Waals surface area contributed by atoms with E-state index in [2.05, 4.69) is 10.3 Å². The van der Waals surface area contributed by atoms with Gasteiger partial charge in [-0.3, -0.25) is 4.99 Å². The first kappa shape index (κ1) is 19.9. The Labute approximate surface area is 134 Å². The summed E-state index contributed by atoms with van der Waals surface area (Å²) < 4.78 is 5.18. The Morgan fingerprint density at radius 3 is 2.59 bits per heavy atom. The van der Waals surface area contributed by atoms with Crippen LogP contribution in [-0.2, 0) is 4.74 Å². The molecular formula is C18H29N3O. The van der Waals surface area contributed by atoms with Crippen molar-refractivity contribution in [2.75, 3.05) is 25.5 Å². The molecule has 22 heavy (non-hydrogen) atoms. The maximum Gasteiger partial charge on any atom is 0.208 e. The minimum Gasteiger partial charge on any atom is -0.481 e. The highest BCUT2D eigenvalue weighted by molar-refractivity contribution is 5.88. The van der Waals surface area contributed by atoms with Crippen LogP contribution in [0.4, 0.5) is 5.69 Å². The molecule has 0 saturated carbocycles. The Morgan fingerprint density at radius 1 is 1.36 bits per heavy atom. The van der Waals surface area contributed by atoms with E-state index in [4.69, 9.17) is 10.1 Å². The van der Waals surface area contributed by atoms with Crippen LogP contribution < -0.4 is 5.32 Å². The molecule has 0 unspecified atom stereocenters. The Hall–Kier alpha value is -2.10. The maximum atomic E-state index is 7.45. The van der Waals surface area contributed by atoms with Crippen molar-refractivity contribution >= 4 is 17.8 Å². The predicted molar refractivity (Wildman–Crippen MR) is 97.6 cm³/mol. The molecule has 0 spiro atoms. The number of benzene rings is 1. The number of ether oxygens (including phenoxy) is 1. The largest absolute Gasteiger partial charge is 0.481 e. The van der Waals surface area contributed by atoms with Crippen molar-refractivity contribution in [3.05, 3.63) is 41.0 Å². The fourth-order valence-electron chi connectivity index (χ4n) is 1.78. The van der Waals surface area contributed by atoms with Crippen molar-refractivity contribution in [3.8, 4) is 0 Å². The molecule has 0 aromatic heterocycles. The molecule has 0 aliphatic heterocycles. The standard InChI is InChI=1S/C16H23N3O.C2H6/c1-5-18-16(20-4)9-13(3)11-19-15-7-6-12(2)8-14(15)10-17;1-2/h6-10,17,19H,5,11H2,1-4H3;1-2H3/b13-9+,17-10?,18-16?;. The number of nitrogens with one attached hydrogen (secondary N) is 2. The zero-order chi connectivity index (χ0) is 17.0. The molecule has 0 fully saturated rings. The molecule has 2 N–H and O–H groups in total. The molecular weight excluding hydrogens is 274 g/mol. The van der Waals surface area contributed by atoms with Gasteiger partial charge >= 0.3 is 0 Å². The van der Waals surface area contributed by atoms with E-state index in [9.17, 15) is 0 Å². The first-order chi connectivity index (χ1) is 10.6. The molecule has 1 aromatic rings. The van der Waals surface area contributed by atoms with Gasteiger partial charge in [0.1, 0.15) is 0 Å². The van der Waals surface area contributed by atoms with E-state index in [1.165, 1.54) is 6.21 Å². The molecule has 0 heterocycles. The van der Waals surface area contributed by atoms with Crippen molar-refractivity contribution in [1.29, 1.82) is 5.41 Å². The van der Waals surface area contributed by atoms with Gasteiger partial charge in [0.15, 0.2) is 0 Å². The summed E-state index contributed by atoms with van der Waals surface area (Å²) in [5.74, 6) is 0.642. The topological polar surface area (TPSA) is 57.5 Å². The van der Waals surface area contributed by atoms with E-state index >= 15 is 0 Å². The number of hydrogen-bond donors (Lipinski definition) is 2. The summed E-state index contributed by atoms with van der Waals surface area (Å²) in [5.41, 5.74) is 4.13. The zero-order valence-corrected chi connectivity index (χ0v) is 14.7. The van der Waals surface area contributed by atoms with Gasteiger partial charge in [-0.05, 0) is 38.5 Å². The van der Waals surface area contributed by atoms with Gasteiger partial charge in [0.05, 0.1) is 7.11 Å². The lowest BCUT2D eigenvalue weighted by Gasteiger charge is -2.10. The van der Waals surface area contributed by atoms with Gasteiger partial charge in [-0.2, -0.15) is 0 Å². The summed E-state index contributed by atoms with van der Waals surface area (Å²) in [6, 6.07) is 6.03. The summed E-state index contributed by atoms with van der Waals surface area (Å²) in [4.78, 5) is 4.24. The minimum absolute atomic E-state index is 0.642. The number of rotatable bonds is 6. The van der Waals surface area contributed by atoms with Crippen LogP contribution in [0, 0.1) is 12.3 Å². The lowest BCUT2D eigenvalue weighted by molar-refractivity contribution is 0.404. The highest BCUT2D eigenvalue weighted by Crippen LogP contribution is 2.15. The van der Waals surface area contributed by atoms with Crippen molar-refractivity contribution in [2.45, 2.75) is 34.6 Å². The van der Waals surface area contributed by atoms with Crippen LogP contribution in [0.5, 0.6) is 0 Å². The van der Waals surface area contributed by atoms with Crippen LogP contribution in [0.15, 0.2) is 34.8 Å². The first-order valence-electron chi connectivity index (χ1n) is 7.71. The molecule has 0 radical (unpaired) electrons. The third-order valence-corrected chi connectivity index (χ3v) is 2.81. The second-order valence-corrected chi connectivity index (χ2v) is 4.60. The monoisotopic (exact) mass is 303 g/mol. The van der Waals surface area contributed by atoms with Gasteiger partial charge in [-0.25, -0.2) is 0 Å². The molecule has 4 heteroatoms. The molecule has 0 aliphatic carbocycles. The Bertz CT molecular complexity index is 519. The normalized spacial score (nSPS) is 11.4. The number of hydrogen-bond acceptors (Lipinski definition) is 4. The number of anilines is 1. The summed E-state index contributed by atoms with van der Waals surface area (Å²) in [6.07, 6.45) is 3.29. The average molecular weight is 303 g/mol.